The average molecular weight is 292 g/mol. The van der Waals surface area contributed by atoms with Gasteiger partial charge >= 0.3 is 0 Å². The SMILES string of the molecule is CCn1ncnc1COc1ccc(CNC(C)C)cc1F. The average Bonchev–Trinajstić information content (AvgIpc) is 2.91. The quantitative estimate of drug-likeness (QED) is 0.852. The number of aromatic nitrogens is 3. The molecule has 0 aliphatic heterocycles. The van der Waals surface area contributed by atoms with E-state index in [1.54, 1.807) is 10.7 Å². The highest BCUT2D eigenvalue weighted by Gasteiger charge is 2.08. The minimum Gasteiger partial charge on any atom is -0.483 e. The van der Waals surface area contributed by atoms with Crippen LogP contribution in [0.2, 0.25) is 0 Å². The first-order valence-corrected chi connectivity index (χ1v) is 7.11. The van der Waals surface area contributed by atoms with Crippen molar-refractivity contribution in [3.63, 3.8) is 0 Å². The van der Waals surface area contributed by atoms with Gasteiger partial charge in [-0.15, -0.1) is 0 Å². The van der Waals surface area contributed by atoms with Crippen LogP contribution in [-0.2, 0) is 19.7 Å². The van der Waals surface area contributed by atoms with E-state index in [4.69, 9.17) is 4.74 Å². The van der Waals surface area contributed by atoms with Crippen LogP contribution in [0.3, 0.4) is 0 Å². The third kappa shape index (κ3) is 4.26. The summed E-state index contributed by atoms with van der Waals surface area (Å²) in [5, 5.41) is 7.30. The van der Waals surface area contributed by atoms with Crippen LogP contribution in [-0.4, -0.2) is 20.8 Å². The van der Waals surface area contributed by atoms with Crippen molar-refractivity contribution in [1.82, 2.24) is 20.1 Å². The van der Waals surface area contributed by atoms with Gasteiger partial charge in [0.2, 0.25) is 0 Å². The first kappa shape index (κ1) is 15.4. The van der Waals surface area contributed by atoms with Gasteiger partial charge in [-0.05, 0) is 24.6 Å². The Morgan fingerprint density at radius 3 is 2.86 bits per heavy atom. The molecule has 5 nitrogen and oxygen atoms in total. The summed E-state index contributed by atoms with van der Waals surface area (Å²) >= 11 is 0. The van der Waals surface area contributed by atoms with E-state index in [1.165, 1.54) is 12.4 Å². The monoisotopic (exact) mass is 292 g/mol. The molecule has 0 aliphatic rings. The highest BCUT2D eigenvalue weighted by Crippen LogP contribution is 2.19. The van der Waals surface area contributed by atoms with Gasteiger partial charge in [-0.25, -0.2) is 14.1 Å². The maximum absolute atomic E-state index is 14.0. The maximum atomic E-state index is 14.0. The van der Waals surface area contributed by atoms with Gasteiger partial charge in [0.25, 0.3) is 0 Å². The maximum Gasteiger partial charge on any atom is 0.165 e. The van der Waals surface area contributed by atoms with Gasteiger partial charge in [-0.3, -0.25) is 0 Å². The molecule has 0 saturated carbocycles. The van der Waals surface area contributed by atoms with Crippen molar-refractivity contribution < 1.29 is 9.13 Å². The Labute approximate surface area is 124 Å². The minimum atomic E-state index is -0.361. The molecule has 1 N–H and O–H groups in total. The molecule has 1 aromatic carbocycles. The number of ether oxygens (including phenoxy) is 1. The molecule has 2 aromatic rings. The summed E-state index contributed by atoms with van der Waals surface area (Å²) in [6, 6.07) is 5.37. The normalized spacial score (nSPS) is 11.1. The van der Waals surface area contributed by atoms with Crippen LogP contribution in [0.1, 0.15) is 32.2 Å². The fourth-order valence-electron chi connectivity index (χ4n) is 1.90. The molecule has 0 amide bonds. The molecule has 2 rings (SSSR count). The number of aryl methyl sites for hydroxylation is 1. The predicted octanol–water partition coefficient (Wildman–Crippen LogP) is 2.51. The molecule has 0 atom stereocenters. The Hall–Kier alpha value is -1.95. The van der Waals surface area contributed by atoms with Crippen LogP contribution in [0.4, 0.5) is 4.39 Å². The third-order valence-corrected chi connectivity index (χ3v) is 3.06. The van der Waals surface area contributed by atoms with E-state index in [0.717, 1.165) is 5.56 Å². The molecular formula is C15H21FN4O. The fourth-order valence-corrected chi connectivity index (χ4v) is 1.90. The Morgan fingerprint density at radius 1 is 1.38 bits per heavy atom. The lowest BCUT2D eigenvalue weighted by molar-refractivity contribution is 0.273. The van der Waals surface area contributed by atoms with E-state index < -0.39 is 0 Å². The summed E-state index contributed by atoms with van der Waals surface area (Å²) in [5.41, 5.74) is 0.894. The molecule has 1 aromatic heterocycles. The minimum absolute atomic E-state index is 0.203. The van der Waals surface area contributed by atoms with E-state index in [2.05, 4.69) is 29.2 Å². The van der Waals surface area contributed by atoms with E-state index in [9.17, 15) is 4.39 Å². The van der Waals surface area contributed by atoms with Gasteiger partial charge in [0, 0.05) is 19.1 Å². The molecule has 114 valence electrons. The number of hydrogen-bond donors (Lipinski definition) is 1. The molecule has 1 heterocycles. The van der Waals surface area contributed by atoms with Crippen LogP contribution in [0.15, 0.2) is 24.5 Å². The first-order chi connectivity index (χ1) is 10.1. The van der Waals surface area contributed by atoms with Crippen molar-refractivity contribution in [1.29, 1.82) is 0 Å². The number of rotatable bonds is 7. The highest BCUT2D eigenvalue weighted by molar-refractivity contribution is 5.29. The smallest absolute Gasteiger partial charge is 0.165 e. The topological polar surface area (TPSA) is 52.0 Å². The zero-order chi connectivity index (χ0) is 15.2. The Kier molecular flexibility index (Phi) is 5.27. The van der Waals surface area contributed by atoms with Gasteiger partial charge in [0.05, 0.1) is 0 Å². The second-order valence-corrected chi connectivity index (χ2v) is 5.08. The summed E-state index contributed by atoms with van der Waals surface area (Å²) in [6.07, 6.45) is 1.47. The number of nitrogens with zero attached hydrogens (tertiary/aromatic N) is 3. The van der Waals surface area contributed by atoms with Crippen molar-refractivity contribution in [3.05, 3.63) is 41.7 Å². The van der Waals surface area contributed by atoms with Crippen molar-refractivity contribution in [3.8, 4) is 5.75 Å². The van der Waals surface area contributed by atoms with Crippen LogP contribution < -0.4 is 10.1 Å². The van der Waals surface area contributed by atoms with Crippen molar-refractivity contribution in [2.45, 2.75) is 46.5 Å². The standard InChI is InChI=1S/C15H21FN4O/c1-4-20-15(18-10-19-20)9-21-14-6-5-12(7-13(14)16)8-17-11(2)3/h5-7,10-11,17H,4,8-9H2,1-3H3. The molecule has 0 aliphatic carbocycles. The first-order valence-electron chi connectivity index (χ1n) is 7.11. The van der Waals surface area contributed by atoms with Gasteiger partial charge in [0.15, 0.2) is 17.4 Å². The number of nitrogens with one attached hydrogen (secondary N) is 1. The Morgan fingerprint density at radius 2 is 2.19 bits per heavy atom. The van der Waals surface area contributed by atoms with Crippen LogP contribution >= 0.6 is 0 Å². The molecule has 0 fully saturated rings. The molecular weight excluding hydrogens is 271 g/mol. The second-order valence-electron chi connectivity index (χ2n) is 5.08. The van der Waals surface area contributed by atoms with E-state index in [-0.39, 0.29) is 18.2 Å². The lowest BCUT2D eigenvalue weighted by Gasteiger charge is -2.11. The molecule has 0 spiro atoms. The molecule has 0 radical (unpaired) electrons. The lowest BCUT2D eigenvalue weighted by atomic mass is 10.2. The van der Waals surface area contributed by atoms with Gasteiger partial charge in [0.1, 0.15) is 12.9 Å². The van der Waals surface area contributed by atoms with Gasteiger partial charge < -0.3 is 10.1 Å². The Balaban J connectivity index is 1.97. The molecule has 21 heavy (non-hydrogen) atoms. The fraction of sp³-hybridized carbons (Fsp3) is 0.467. The second kappa shape index (κ2) is 7.17. The van der Waals surface area contributed by atoms with E-state index in [0.29, 0.717) is 25.0 Å². The summed E-state index contributed by atoms with van der Waals surface area (Å²) in [5.74, 6) is 0.553. The summed E-state index contributed by atoms with van der Waals surface area (Å²) in [4.78, 5) is 4.09. The van der Waals surface area contributed by atoms with E-state index >= 15 is 0 Å². The zero-order valence-corrected chi connectivity index (χ0v) is 12.6. The third-order valence-electron chi connectivity index (χ3n) is 3.06. The molecule has 0 bridgehead atoms. The van der Waals surface area contributed by atoms with Crippen molar-refractivity contribution in [2.75, 3.05) is 0 Å². The number of benzene rings is 1. The van der Waals surface area contributed by atoms with Gasteiger partial charge in [-0.2, -0.15) is 5.10 Å². The molecule has 6 heteroatoms. The number of halogens is 1. The zero-order valence-electron chi connectivity index (χ0n) is 12.6. The van der Waals surface area contributed by atoms with E-state index in [1.807, 2.05) is 13.0 Å². The van der Waals surface area contributed by atoms with Gasteiger partial charge in [-0.1, -0.05) is 19.9 Å². The molecule has 0 saturated heterocycles. The van der Waals surface area contributed by atoms with Crippen LogP contribution in [0, 0.1) is 5.82 Å². The van der Waals surface area contributed by atoms with Crippen molar-refractivity contribution >= 4 is 0 Å². The van der Waals surface area contributed by atoms with Crippen LogP contribution in [0.25, 0.3) is 0 Å². The van der Waals surface area contributed by atoms with Crippen molar-refractivity contribution in [2.24, 2.45) is 0 Å². The predicted molar refractivity (Wildman–Crippen MR) is 78.4 cm³/mol. The highest BCUT2D eigenvalue weighted by atomic mass is 19.1. The summed E-state index contributed by atoms with van der Waals surface area (Å²) in [6.45, 7) is 7.62. The Bertz CT molecular complexity index is 583. The largest absolute Gasteiger partial charge is 0.483 e. The summed E-state index contributed by atoms with van der Waals surface area (Å²) < 4.78 is 21.2. The molecule has 0 unspecified atom stereocenters. The number of hydrogen-bond acceptors (Lipinski definition) is 4. The lowest BCUT2D eigenvalue weighted by Crippen LogP contribution is -2.21. The summed E-state index contributed by atoms with van der Waals surface area (Å²) in [7, 11) is 0. The van der Waals surface area contributed by atoms with Crippen LogP contribution in [0.5, 0.6) is 5.75 Å².